The predicted octanol–water partition coefficient (Wildman–Crippen LogP) is 3.18. The van der Waals surface area contributed by atoms with Gasteiger partial charge in [0.25, 0.3) is 36.9 Å². The zero-order valence-electron chi connectivity index (χ0n) is 23.9. The second kappa shape index (κ2) is 13.3. The zero-order chi connectivity index (χ0) is 34.9. The monoisotopic (exact) mass is 730 g/mol. The van der Waals surface area contributed by atoms with Crippen LogP contribution in [0.25, 0.3) is 0 Å². The van der Waals surface area contributed by atoms with Crippen molar-refractivity contribution in [1.82, 2.24) is 19.5 Å². The highest BCUT2D eigenvalue weighted by Gasteiger charge is 2.25. The van der Waals surface area contributed by atoms with Crippen LogP contribution in [0.5, 0.6) is 5.88 Å². The Kier molecular flexibility index (Phi) is 9.96. The second-order valence-corrected chi connectivity index (χ2v) is 13.8. The first-order valence-corrected chi connectivity index (χ1v) is 17.6. The van der Waals surface area contributed by atoms with Crippen LogP contribution in [-0.4, -0.2) is 63.5 Å². The average molecular weight is 731 g/mol. The number of para-hydroxylation sites is 1. The van der Waals surface area contributed by atoms with Crippen LogP contribution in [0.15, 0.2) is 73.6 Å². The molecular weight excluding hydrogens is 708 g/mol. The number of nitrogens with one attached hydrogen (secondary N) is 1. The Morgan fingerprint density at radius 1 is 0.936 bits per heavy atom. The molecule has 0 spiro atoms. The summed E-state index contributed by atoms with van der Waals surface area (Å²) in [5.41, 5.74) is 0.432. The molecule has 23 heteroatoms. The molecule has 0 saturated heterocycles. The van der Waals surface area contributed by atoms with Gasteiger partial charge in [-0.05, 0) is 61.3 Å². The van der Waals surface area contributed by atoms with Crippen LogP contribution in [0.2, 0.25) is 5.28 Å². The van der Waals surface area contributed by atoms with E-state index in [1.165, 1.54) is 13.8 Å². The van der Waals surface area contributed by atoms with Gasteiger partial charge in [-0.3, -0.25) is 28.4 Å². The van der Waals surface area contributed by atoms with Gasteiger partial charge in [0.2, 0.25) is 11.2 Å². The summed E-state index contributed by atoms with van der Waals surface area (Å²) in [6.45, 7) is 2.49. The van der Waals surface area contributed by atoms with E-state index in [-0.39, 0.29) is 17.8 Å². The molecule has 0 unspecified atom stereocenters. The number of aromatic nitrogens is 4. The first kappa shape index (κ1) is 35.3. The highest BCUT2D eigenvalue weighted by molar-refractivity contribution is 7.86. The van der Waals surface area contributed by atoms with Gasteiger partial charge in [0, 0.05) is 12.1 Å². The molecule has 0 aliphatic heterocycles. The van der Waals surface area contributed by atoms with Crippen LogP contribution in [0.1, 0.15) is 18.1 Å². The maximum absolute atomic E-state index is 12.8. The number of nitrogens with zero attached hydrogens (tertiary/aromatic N) is 7. The molecule has 19 nitrogen and oxygen atoms in total. The lowest BCUT2D eigenvalue weighted by Gasteiger charge is -2.25. The first-order valence-electron chi connectivity index (χ1n) is 12.7. The summed E-state index contributed by atoms with van der Waals surface area (Å²) < 4.78 is 101. The molecule has 0 atom stereocenters. The summed E-state index contributed by atoms with van der Waals surface area (Å²) in [6.07, 6.45) is 0. The van der Waals surface area contributed by atoms with Crippen molar-refractivity contribution in [3.63, 3.8) is 0 Å². The molecule has 0 aliphatic rings. The van der Waals surface area contributed by atoms with Gasteiger partial charge in [0.1, 0.15) is 22.0 Å². The number of hydrogen-bond donors (Lipinski definition) is 5. The minimum atomic E-state index is -5.01. The van der Waals surface area contributed by atoms with Gasteiger partial charge in [-0.1, -0.05) is 18.2 Å². The fourth-order valence-electron chi connectivity index (χ4n) is 4.08. The van der Waals surface area contributed by atoms with E-state index in [1.807, 2.05) is 0 Å². The fourth-order valence-corrected chi connectivity index (χ4v) is 5.99. The van der Waals surface area contributed by atoms with Crippen molar-refractivity contribution < 1.29 is 44.0 Å². The molecular formula is C24H23ClN8O11S3. The molecule has 0 fully saturated rings. The summed E-state index contributed by atoms with van der Waals surface area (Å²) >= 11 is 5.90. The van der Waals surface area contributed by atoms with Crippen LogP contribution < -0.4 is 16.0 Å². The number of pyridine rings is 1. The van der Waals surface area contributed by atoms with Crippen molar-refractivity contribution in [2.24, 2.45) is 10.2 Å². The molecule has 0 amide bonds. The number of aromatic hydroxyl groups is 1. The number of anilines is 3. The van der Waals surface area contributed by atoms with E-state index in [9.17, 15) is 48.8 Å². The smallest absolute Gasteiger partial charge is 0.330 e. The molecule has 4 aromatic rings. The number of azo groups is 1. The molecule has 0 radical (unpaired) electrons. The number of benzene rings is 2. The maximum Gasteiger partial charge on any atom is 0.330 e. The van der Waals surface area contributed by atoms with E-state index >= 15 is 0 Å². The third kappa shape index (κ3) is 8.23. The molecule has 0 bridgehead atoms. The summed E-state index contributed by atoms with van der Waals surface area (Å²) in [5, 5.41) is 17.7. The number of rotatable bonds is 11. The highest BCUT2D eigenvalue weighted by atomic mass is 35.5. The normalized spacial score (nSPS) is 12.4. The van der Waals surface area contributed by atoms with E-state index in [0.717, 1.165) is 27.8 Å². The van der Waals surface area contributed by atoms with Crippen molar-refractivity contribution in [1.29, 1.82) is 0 Å². The van der Waals surface area contributed by atoms with Crippen molar-refractivity contribution in [2.75, 3.05) is 10.4 Å². The van der Waals surface area contributed by atoms with Gasteiger partial charge in [-0.15, -0.1) is 10.2 Å². The molecule has 2 aromatic carbocycles. The van der Waals surface area contributed by atoms with Crippen molar-refractivity contribution in [3.05, 3.63) is 75.3 Å². The zero-order valence-corrected chi connectivity index (χ0v) is 27.1. The third-order valence-corrected chi connectivity index (χ3v) is 8.55. The molecule has 2 heterocycles. The van der Waals surface area contributed by atoms with Crippen molar-refractivity contribution >= 4 is 70.7 Å². The lowest BCUT2D eigenvalue weighted by molar-refractivity contribution is 0.411. The molecule has 4 rings (SSSR count). The lowest BCUT2D eigenvalue weighted by Crippen LogP contribution is -2.27. The molecule has 2 aromatic heterocycles. The average Bonchev–Trinajstić information content (AvgIpc) is 2.97. The Labute approximate surface area is 271 Å². The van der Waals surface area contributed by atoms with Crippen LogP contribution in [-0.2, 0) is 42.7 Å². The molecule has 0 aliphatic carbocycles. The second-order valence-electron chi connectivity index (χ2n) is 9.35. The third-order valence-electron chi connectivity index (χ3n) is 6.18. The molecule has 5 N–H and O–H groups in total. The van der Waals surface area contributed by atoms with E-state index in [2.05, 4.69) is 30.6 Å². The van der Waals surface area contributed by atoms with Gasteiger partial charge < -0.3 is 5.11 Å². The standard InChI is InChI=1S/C24H23ClN8O11S3/c1-3-32-20(34)16(12-45(36,37)38)13(2)19(21(32)35)30-29-17-11-15(9-10-18(17)46(39,40)41)33(31-14-7-5-4-6-8-14)23-26-22(25)27-24(28-23)47(42,43)44/h4-11,31,35H,3,12H2,1-2H3,(H,36,37,38)(H,39,40,41)(H,42,43,44). The van der Waals surface area contributed by atoms with Gasteiger partial charge in [0.15, 0.2) is 0 Å². The minimum Gasteiger partial charge on any atom is -0.493 e. The Hall–Kier alpha value is -4.58. The van der Waals surface area contributed by atoms with Crippen LogP contribution in [0.4, 0.5) is 28.7 Å². The largest absolute Gasteiger partial charge is 0.493 e. The minimum absolute atomic E-state index is 0.0923. The van der Waals surface area contributed by atoms with Gasteiger partial charge >= 0.3 is 10.1 Å². The highest BCUT2D eigenvalue weighted by Crippen LogP contribution is 2.37. The quantitative estimate of drug-likeness (QED) is 0.0841. The van der Waals surface area contributed by atoms with Crippen LogP contribution in [0.3, 0.4) is 0 Å². The summed E-state index contributed by atoms with van der Waals surface area (Å²) in [6, 6.07) is 11.1. The molecule has 0 saturated carbocycles. The number of hydrogen-bond acceptors (Lipinski definition) is 15. The Morgan fingerprint density at radius 3 is 2.17 bits per heavy atom. The summed E-state index contributed by atoms with van der Waals surface area (Å²) in [5.74, 6) is -2.43. The Bertz CT molecular complexity index is 2290. The Balaban J connectivity index is 1.97. The van der Waals surface area contributed by atoms with Crippen LogP contribution in [0, 0.1) is 6.92 Å². The molecule has 47 heavy (non-hydrogen) atoms. The van der Waals surface area contributed by atoms with E-state index in [4.69, 9.17) is 11.6 Å². The number of hydrazine groups is 1. The lowest BCUT2D eigenvalue weighted by atomic mass is 10.1. The molecule has 250 valence electrons. The summed E-state index contributed by atoms with van der Waals surface area (Å²) in [7, 11) is -14.7. The van der Waals surface area contributed by atoms with Crippen LogP contribution >= 0.6 is 11.6 Å². The maximum atomic E-state index is 12.8. The topological polar surface area (TPSA) is 284 Å². The Morgan fingerprint density at radius 2 is 1.60 bits per heavy atom. The SMILES string of the molecule is CCn1c(O)c(N=Nc2cc(N(Nc3ccccc3)c3nc(Cl)nc(S(=O)(=O)O)n3)ccc2S(=O)(=O)O)c(C)c(CS(=O)(=O)O)c1=O. The van der Waals surface area contributed by atoms with E-state index < -0.39 is 85.8 Å². The van der Waals surface area contributed by atoms with E-state index in [1.54, 1.807) is 30.3 Å². The number of halogens is 1. The van der Waals surface area contributed by atoms with Crippen molar-refractivity contribution in [2.45, 2.75) is 36.2 Å². The van der Waals surface area contributed by atoms with Gasteiger partial charge in [0.05, 0.1) is 11.4 Å². The van der Waals surface area contributed by atoms with Gasteiger partial charge in [-0.25, -0.2) is 5.01 Å². The summed E-state index contributed by atoms with van der Waals surface area (Å²) in [4.78, 5) is 23.0. The van der Waals surface area contributed by atoms with Crippen molar-refractivity contribution in [3.8, 4) is 5.88 Å². The predicted molar refractivity (Wildman–Crippen MR) is 165 cm³/mol. The fraction of sp³-hybridized carbons (Fsp3) is 0.167. The van der Waals surface area contributed by atoms with E-state index in [0.29, 0.717) is 5.69 Å². The van der Waals surface area contributed by atoms with Gasteiger partial charge in [-0.2, -0.15) is 40.2 Å². The first-order chi connectivity index (χ1) is 21.8.